The Balaban J connectivity index is 1.93. The molecule has 500 valence electrons. The fourth-order valence-corrected chi connectivity index (χ4v) is 10.9. The quantitative estimate of drug-likeness (QED) is 0.0296. The number of amides is 11. The molecule has 0 radical (unpaired) electrons. The van der Waals surface area contributed by atoms with Crippen molar-refractivity contribution < 1.29 is 52.7 Å². The number of rotatable bonds is 24. The number of carbonyl (C=O) groups is 11. The summed E-state index contributed by atoms with van der Waals surface area (Å²) in [6, 6.07) is 7.27. The molecule has 10 atom stereocenters. The summed E-state index contributed by atoms with van der Waals surface area (Å²) >= 11 is 1.32. The lowest BCUT2D eigenvalue weighted by molar-refractivity contribution is -0.137. The highest BCUT2D eigenvalue weighted by Crippen LogP contribution is 2.17. The zero-order valence-electron chi connectivity index (χ0n) is 53.1. The van der Waals surface area contributed by atoms with Gasteiger partial charge in [0.1, 0.15) is 60.4 Å². The molecule has 1 saturated heterocycles. The molecule has 1 fully saturated rings. The number of guanidine groups is 1. The second kappa shape index (κ2) is 38.9. The first-order valence-electron chi connectivity index (χ1n) is 31.2. The van der Waals surface area contributed by atoms with Gasteiger partial charge in [-0.3, -0.25) is 57.7 Å². The molecule has 28 heteroatoms. The highest BCUT2D eigenvalue weighted by atomic mass is 32.1. The SMILES string of the molecule is CC(C)C[C@@H]1NC(=O)[C@H](CCCN)NC(=O)[C@H](C(C)C)NC(=O)[C@H](CCCN=C(N)N)NC(=O)[C@@H](CCC(N)=O)NC(=O)[C@H](CC(C)C)NC(=O)[C@H](CCCN)NC(=O)[C@H](Cc2ccccc2)NC(=O)[C@H](Cc2cccs2)NC(=O)[C@@H](Cc2ccccc2)NC1=O. The van der Waals surface area contributed by atoms with Gasteiger partial charge < -0.3 is 81.8 Å². The standard InChI is InChI=1S/C63H96N16O11S/c1-36(2)31-46-57(85)72-45(25-26-51(66)80)55(83)70-44(24-15-29-69-63(67)68)56(84)79-52(38(5)6)62(90)73-43(23-14-28-65)54(82)75-47(32-37(3)4)58(86)76-49(34-40-19-11-8-12-20-40)60(88)78-50(35-41-21-16-30-91-41)61(89)77-48(33-39-17-9-7-10-18-39)59(87)71-42(22-13-27-64)53(81)74-46/h7-12,16-21,30,36-38,42-50,52H,13-15,22-29,31-35,64-65H2,1-6H3,(H2,66,80)(H,70,83)(H,71,87)(H,72,85)(H,73,90)(H,74,81)(H,75,82)(H,76,86)(H,77,89)(H,78,88)(H,79,84)(H4,67,68,69)/t42-,43-,44-,45+,46-,47-,48-,49+,50-,52-/m0/s1. The van der Waals surface area contributed by atoms with Crippen LogP contribution in [0.1, 0.15) is 122 Å². The van der Waals surface area contributed by atoms with Crippen LogP contribution in [0.15, 0.2) is 83.2 Å². The van der Waals surface area contributed by atoms with E-state index >= 15 is 0 Å². The molecule has 3 aromatic rings. The number of thiophene rings is 1. The zero-order chi connectivity index (χ0) is 67.2. The Morgan fingerprint density at radius 3 is 1.15 bits per heavy atom. The van der Waals surface area contributed by atoms with Crippen LogP contribution >= 0.6 is 11.3 Å². The molecule has 91 heavy (non-hydrogen) atoms. The van der Waals surface area contributed by atoms with Crippen molar-refractivity contribution in [2.24, 2.45) is 51.4 Å². The summed E-state index contributed by atoms with van der Waals surface area (Å²) in [5.74, 6) is -10.4. The van der Waals surface area contributed by atoms with E-state index in [4.69, 9.17) is 28.7 Å². The van der Waals surface area contributed by atoms with Gasteiger partial charge in [-0.2, -0.15) is 0 Å². The summed E-state index contributed by atoms with van der Waals surface area (Å²) < 4.78 is 0. The minimum Gasteiger partial charge on any atom is -0.370 e. The van der Waals surface area contributed by atoms with Gasteiger partial charge in [0.05, 0.1) is 0 Å². The second-order valence-corrected chi connectivity index (χ2v) is 25.1. The number of carbonyl (C=O) groups excluding carboxylic acids is 11. The van der Waals surface area contributed by atoms with E-state index in [0.717, 1.165) is 0 Å². The normalized spacial score (nSPS) is 23.5. The average molecular weight is 1290 g/mol. The van der Waals surface area contributed by atoms with Crippen molar-refractivity contribution >= 4 is 82.3 Å². The van der Waals surface area contributed by atoms with Gasteiger partial charge in [0.2, 0.25) is 65.0 Å². The molecule has 0 unspecified atom stereocenters. The van der Waals surface area contributed by atoms with E-state index in [2.05, 4.69) is 58.2 Å². The Morgan fingerprint density at radius 1 is 0.429 bits per heavy atom. The lowest BCUT2D eigenvalue weighted by Crippen LogP contribution is -2.62. The van der Waals surface area contributed by atoms with Crippen LogP contribution in [0.25, 0.3) is 0 Å². The third kappa shape index (κ3) is 26.9. The second-order valence-electron chi connectivity index (χ2n) is 24.0. The highest BCUT2D eigenvalue weighted by molar-refractivity contribution is 7.09. The summed E-state index contributed by atoms with van der Waals surface area (Å²) in [4.78, 5) is 164. The number of nitrogens with two attached hydrogens (primary N) is 5. The first kappa shape index (κ1) is 75.0. The van der Waals surface area contributed by atoms with Crippen LogP contribution in [-0.2, 0) is 72.0 Å². The molecule has 4 rings (SSSR count). The van der Waals surface area contributed by atoms with Gasteiger partial charge in [0.25, 0.3) is 0 Å². The van der Waals surface area contributed by atoms with Gasteiger partial charge >= 0.3 is 0 Å². The molecule has 2 heterocycles. The van der Waals surface area contributed by atoms with Gasteiger partial charge in [0.15, 0.2) is 5.96 Å². The molecule has 11 amide bonds. The van der Waals surface area contributed by atoms with Crippen molar-refractivity contribution in [1.29, 1.82) is 0 Å². The van der Waals surface area contributed by atoms with Crippen LogP contribution in [0.4, 0.5) is 0 Å². The molecular formula is C63H96N16O11S. The molecule has 1 aliphatic rings. The molecule has 0 bridgehead atoms. The number of aliphatic imine (C=N–C) groups is 1. The van der Waals surface area contributed by atoms with Gasteiger partial charge in [0, 0.05) is 37.1 Å². The Labute approximate surface area is 536 Å². The Morgan fingerprint density at radius 2 is 0.780 bits per heavy atom. The largest absolute Gasteiger partial charge is 0.370 e. The first-order valence-corrected chi connectivity index (χ1v) is 32.0. The third-order valence-corrected chi connectivity index (χ3v) is 15.8. The van der Waals surface area contributed by atoms with E-state index in [0.29, 0.717) is 16.0 Å². The number of nitrogens with one attached hydrogen (secondary N) is 10. The molecule has 0 aliphatic carbocycles. The van der Waals surface area contributed by atoms with E-state index in [1.807, 2.05) is 13.8 Å². The van der Waals surface area contributed by atoms with Crippen molar-refractivity contribution in [3.63, 3.8) is 0 Å². The highest BCUT2D eigenvalue weighted by Gasteiger charge is 2.38. The predicted octanol–water partition coefficient (Wildman–Crippen LogP) is -0.817. The summed E-state index contributed by atoms with van der Waals surface area (Å²) in [6.45, 7) is 10.7. The van der Waals surface area contributed by atoms with Crippen molar-refractivity contribution in [1.82, 2.24) is 53.2 Å². The molecule has 0 saturated carbocycles. The molecular weight excluding hydrogens is 1190 g/mol. The maximum Gasteiger partial charge on any atom is 0.243 e. The van der Waals surface area contributed by atoms with Crippen LogP contribution in [-0.4, -0.2) is 151 Å². The molecule has 1 aliphatic heterocycles. The van der Waals surface area contributed by atoms with Crippen molar-refractivity contribution in [3.8, 4) is 0 Å². The fourth-order valence-electron chi connectivity index (χ4n) is 10.1. The maximum atomic E-state index is 15.0. The van der Waals surface area contributed by atoms with E-state index in [1.54, 1.807) is 106 Å². The number of benzene rings is 2. The Kier molecular flexibility index (Phi) is 32.1. The Hall–Kier alpha value is -8.50. The van der Waals surface area contributed by atoms with Gasteiger partial charge in [-0.05, 0) is 111 Å². The van der Waals surface area contributed by atoms with Crippen molar-refractivity contribution in [2.75, 3.05) is 19.6 Å². The predicted molar refractivity (Wildman–Crippen MR) is 346 cm³/mol. The topological polar surface area (TPSA) is 451 Å². The molecule has 1 aromatic heterocycles. The average Bonchev–Trinajstić information content (AvgIpc) is 1.65. The van der Waals surface area contributed by atoms with Gasteiger partial charge in [-0.1, -0.05) is 108 Å². The summed E-state index contributed by atoms with van der Waals surface area (Å²) in [5.41, 5.74) is 29.8. The van der Waals surface area contributed by atoms with Crippen molar-refractivity contribution in [3.05, 3.63) is 94.2 Å². The number of hydrogen-bond acceptors (Lipinski definition) is 15. The lowest BCUT2D eigenvalue weighted by Gasteiger charge is -2.30. The van der Waals surface area contributed by atoms with Gasteiger partial charge in [-0.25, -0.2) is 0 Å². The van der Waals surface area contributed by atoms with E-state index in [9.17, 15) is 52.7 Å². The molecule has 2 aromatic carbocycles. The lowest BCUT2D eigenvalue weighted by atomic mass is 9.99. The van der Waals surface area contributed by atoms with E-state index < -0.39 is 138 Å². The summed E-state index contributed by atoms with van der Waals surface area (Å²) in [7, 11) is 0. The van der Waals surface area contributed by atoms with Crippen LogP contribution in [0.2, 0.25) is 0 Å². The van der Waals surface area contributed by atoms with E-state index in [1.165, 1.54) is 11.3 Å². The van der Waals surface area contributed by atoms with Crippen molar-refractivity contribution in [2.45, 2.75) is 185 Å². The van der Waals surface area contributed by atoms with Crippen LogP contribution in [0, 0.1) is 17.8 Å². The Bertz CT molecular complexity index is 2890. The fraction of sp³-hybridized carbons (Fsp3) is 0.556. The minimum atomic E-state index is -1.55. The minimum absolute atomic E-state index is 0.000947. The van der Waals surface area contributed by atoms with Crippen LogP contribution < -0.4 is 81.8 Å². The first-order chi connectivity index (χ1) is 43.3. The van der Waals surface area contributed by atoms with Crippen LogP contribution in [0.5, 0.6) is 0 Å². The van der Waals surface area contributed by atoms with Crippen LogP contribution in [0.3, 0.4) is 0 Å². The number of primary amides is 1. The molecule has 27 nitrogen and oxygen atoms in total. The van der Waals surface area contributed by atoms with Gasteiger partial charge in [-0.15, -0.1) is 11.3 Å². The maximum absolute atomic E-state index is 15.0. The third-order valence-electron chi connectivity index (χ3n) is 14.9. The zero-order valence-corrected chi connectivity index (χ0v) is 53.9. The monoisotopic (exact) mass is 1280 g/mol. The summed E-state index contributed by atoms with van der Waals surface area (Å²) in [5, 5.41) is 29.4. The molecule has 0 spiro atoms. The van der Waals surface area contributed by atoms with E-state index in [-0.39, 0.29) is 114 Å². The smallest absolute Gasteiger partial charge is 0.243 e. The number of nitrogens with zero attached hydrogens (tertiary/aromatic N) is 1. The number of hydrogen-bond donors (Lipinski definition) is 15. The summed E-state index contributed by atoms with van der Waals surface area (Å²) in [6.07, 6.45) is -0.573. The molecule has 20 N–H and O–H groups in total.